The zero-order valence-electron chi connectivity index (χ0n) is 25.3. The summed E-state index contributed by atoms with van der Waals surface area (Å²) in [6.07, 6.45) is -32.5. The van der Waals surface area contributed by atoms with Gasteiger partial charge < -0.3 is 99.8 Å². The Labute approximate surface area is 267 Å². The van der Waals surface area contributed by atoms with Crippen molar-refractivity contribution in [1.82, 2.24) is 5.32 Å². The number of hydrogen-bond donors (Lipinski definition) is 13. The van der Waals surface area contributed by atoms with Gasteiger partial charge in [0.05, 0.1) is 25.9 Å². The number of ether oxygens (including phenoxy) is 7. The maximum Gasteiger partial charge on any atom is 0.217 e. The Bertz CT molecular complexity index is 1010. The van der Waals surface area contributed by atoms with E-state index in [0.717, 1.165) is 6.92 Å². The van der Waals surface area contributed by atoms with Gasteiger partial charge in [0.15, 0.2) is 25.2 Å². The molecule has 4 fully saturated rings. The van der Waals surface area contributed by atoms with E-state index in [1.165, 1.54) is 6.92 Å². The first kappa shape index (κ1) is 38.5. The average molecular weight is 692 g/mol. The van der Waals surface area contributed by atoms with Crippen LogP contribution in [0.1, 0.15) is 13.8 Å². The average Bonchev–Trinajstić information content (AvgIpc) is 3.04. The lowest BCUT2D eigenvalue weighted by molar-refractivity contribution is -0.383. The van der Waals surface area contributed by atoms with Crippen molar-refractivity contribution in [3.63, 3.8) is 0 Å². The largest absolute Gasteiger partial charge is 0.394 e. The number of hydrogen-bond acceptors (Lipinski definition) is 20. The number of carbonyl (C=O) groups excluding carboxylic acids is 1. The van der Waals surface area contributed by atoms with Crippen LogP contribution in [0.4, 0.5) is 0 Å². The zero-order valence-corrected chi connectivity index (χ0v) is 25.3. The lowest BCUT2D eigenvalue weighted by Gasteiger charge is -2.50. The SMILES string of the molecule is CC(=O)N[C@H]1[C@@H](O[C@@H]2[C@@H](O)[C@@H](O)O[C@H](CO)[C@@H]2O[C@@H]2O[C@H](CO)[C@@H](O)[C@H](O)[C@@H]2O)O[C@H](CO)[C@@H](O)[C@@H]1O[C@@H]1O[C@@H](C)[C@H](O)[C@@H](O)[C@H]1O. The molecule has 47 heavy (non-hydrogen) atoms. The molecule has 1 amide bonds. The van der Waals surface area contributed by atoms with Crippen molar-refractivity contribution in [2.45, 2.75) is 137 Å². The van der Waals surface area contributed by atoms with E-state index in [9.17, 15) is 66.1 Å². The van der Waals surface area contributed by atoms with Crippen molar-refractivity contribution in [3.8, 4) is 0 Å². The minimum atomic E-state index is -2.03. The van der Waals surface area contributed by atoms with Gasteiger partial charge in [-0.2, -0.15) is 0 Å². The minimum Gasteiger partial charge on any atom is -0.394 e. The third-order valence-corrected chi connectivity index (χ3v) is 8.57. The highest BCUT2D eigenvalue weighted by molar-refractivity contribution is 5.73. The summed E-state index contributed by atoms with van der Waals surface area (Å²) in [5.41, 5.74) is 0. The Morgan fingerprint density at radius 3 is 1.62 bits per heavy atom. The van der Waals surface area contributed by atoms with Crippen molar-refractivity contribution in [2.24, 2.45) is 0 Å². The number of nitrogens with one attached hydrogen (secondary N) is 1. The van der Waals surface area contributed by atoms with Gasteiger partial charge in [-0.05, 0) is 6.92 Å². The molecule has 4 aliphatic heterocycles. The summed E-state index contributed by atoms with van der Waals surface area (Å²) < 4.78 is 39.3. The maximum absolute atomic E-state index is 12.3. The molecule has 0 radical (unpaired) electrons. The Kier molecular flexibility index (Phi) is 13.2. The van der Waals surface area contributed by atoms with Crippen LogP contribution in [0, 0.1) is 0 Å². The quantitative estimate of drug-likeness (QED) is 0.101. The molecule has 21 heteroatoms. The number of amides is 1. The number of aliphatic hydroxyl groups is 12. The molecule has 0 bridgehead atoms. The van der Waals surface area contributed by atoms with Crippen molar-refractivity contribution in [2.75, 3.05) is 19.8 Å². The highest BCUT2D eigenvalue weighted by Gasteiger charge is 2.56. The van der Waals surface area contributed by atoms with Gasteiger partial charge in [0.25, 0.3) is 0 Å². The molecule has 21 nitrogen and oxygen atoms in total. The summed E-state index contributed by atoms with van der Waals surface area (Å²) >= 11 is 0. The van der Waals surface area contributed by atoms with Gasteiger partial charge in [0.1, 0.15) is 91.5 Å². The summed E-state index contributed by atoms with van der Waals surface area (Å²) in [4.78, 5) is 12.3. The predicted octanol–water partition coefficient (Wildman–Crippen LogP) is -8.58. The summed E-state index contributed by atoms with van der Waals surface area (Å²) in [6.45, 7) is -0.130. The number of aliphatic hydroxyl groups excluding tert-OH is 12. The van der Waals surface area contributed by atoms with E-state index in [4.69, 9.17) is 33.2 Å². The number of rotatable bonds is 10. The fraction of sp³-hybridized carbons (Fsp3) is 0.962. The maximum atomic E-state index is 12.3. The standard InChI is InChI=1S/C26H45NO20/c1-6-12(32)15(35)17(37)25(41-6)46-21-11(27-7(2)31)24(43-9(4-29)14(21)34)47-22-19(39)23(40)42-10(5-30)20(22)45-26-18(38)16(36)13(33)8(3-28)44-26/h6,8-26,28-30,32-40H,3-5H2,1-2H3,(H,27,31)/t6-,8+,9+,10+,11+,12-,13+,14+,15+,16-,17+,18-,19+,20-,21+,22+,23-,24+,25-,26-/m0/s1. The lowest BCUT2D eigenvalue weighted by Crippen LogP contribution is -2.70. The summed E-state index contributed by atoms with van der Waals surface area (Å²) in [7, 11) is 0. The van der Waals surface area contributed by atoms with E-state index in [1.54, 1.807) is 0 Å². The Hall–Kier alpha value is -1.29. The van der Waals surface area contributed by atoms with E-state index < -0.39 is 148 Å². The monoisotopic (exact) mass is 691 g/mol. The van der Waals surface area contributed by atoms with Crippen molar-refractivity contribution in [1.29, 1.82) is 0 Å². The summed E-state index contributed by atoms with van der Waals surface area (Å²) in [6, 6.07) is -1.56. The first-order valence-corrected chi connectivity index (χ1v) is 15.0. The molecule has 0 spiro atoms. The predicted molar refractivity (Wildman–Crippen MR) is 144 cm³/mol. The highest BCUT2D eigenvalue weighted by Crippen LogP contribution is 2.34. The third kappa shape index (κ3) is 8.04. The molecule has 4 aliphatic rings. The summed E-state index contributed by atoms with van der Waals surface area (Å²) in [5, 5.41) is 126. The lowest BCUT2D eigenvalue weighted by atomic mass is 9.94. The van der Waals surface area contributed by atoms with Gasteiger partial charge in [-0.25, -0.2) is 0 Å². The minimum absolute atomic E-state index is 0.737. The molecule has 13 N–H and O–H groups in total. The molecule has 0 aromatic heterocycles. The fourth-order valence-electron chi connectivity index (χ4n) is 5.88. The van der Waals surface area contributed by atoms with E-state index in [1.807, 2.05) is 0 Å². The normalized spacial score (nSPS) is 51.0. The molecule has 0 saturated carbocycles. The smallest absolute Gasteiger partial charge is 0.217 e. The van der Waals surface area contributed by atoms with Crippen LogP contribution in [-0.2, 0) is 38.0 Å². The van der Waals surface area contributed by atoms with E-state index in [2.05, 4.69) is 5.32 Å². The molecular weight excluding hydrogens is 646 g/mol. The number of carbonyl (C=O) groups is 1. The van der Waals surface area contributed by atoms with Crippen LogP contribution in [0.2, 0.25) is 0 Å². The molecule has 0 unspecified atom stereocenters. The van der Waals surface area contributed by atoms with Crippen LogP contribution in [0.25, 0.3) is 0 Å². The summed E-state index contributed by atoms with van der Waals surface area (Å²) in [5.74, 6) is -0.737. The van der Waals surface area contributed by atoms with Crippen molar-refractivity contribution < 1.29 is 99.2 Å². The second kappa shape index (κ2) is 16.2. The van der Waals surface area contributed by atoms with Crippen molar-refractivity contribution >= 4 is 5.91 Å². The van der Waals surface area contributed by atoms with Crippen LogP contribution in [-0.4, -0.2) is 210 Å². The fourth-order valence-corrected chi connectivity index (χ4v) is 5.88. The van der Waals surface area contributed by atoms with Crippen LogP contribution in [0.15, 0.2) is 0 Å². The van der Waals surface area contributed by atoms with Gasteiger partial charge in [-0.3, -0.25) is 4.79 Å². The third-order valence-electron chi connectivity index (χ3n) is 8.57. The Morgan fingerprint density at radius 2 is 1.04 bits per heavy atom. The van der Waals surface area contributed by atoms with Crippen LogP contribution in [0.5, 0.6) is 0 Å². The first-order chi connectivity index (χ1) is 22.1. The second-order valence-electron chi connectivity index (χ2n) is 11.9. The first-order valence-electron chi connectivity index (χ1n) is 15.0. The van der Waals surface area contributed by atoms with Gasteiger partial charge in [0, 0.05) is 6.92 Å². The molecule has 0 aromatic rings. The van der Waals surface area contributed by atoms with Gasteiger partial charge in [0.2, 0.25) is 5.91 Å². The Morgan fingerprint density at radius 1 is 0.553 bits per heavy atom. The Balaban J connectivity index is 1.65. The second-order valence-corrected chi connectivity index (χ2v) is 11.9. The topological polar surface area (TPSA) is 336 Å². The van der Waals surface area contributed by atoms with Gasteiger partial charge in [-0.15, -0.1) is 0 Å². The van der Waals surface area contributed by atoms with Gasteiger partial charge >= 0.3 is 0 Å². The molecule has 0 aromatic carbocycles. The zero-order chi connectivity index (χ0) is 34.9. The molecule has 20 atom stereocenters. The van der Waals surface area contributed by atoms with Gasteiger partial charge in [-0.1, -0.05) is 0 Å². The molecular formula is C26H45NO20. The van der Waals surface area contributed by atoms with Crippen LogP contribution < -0.4 is 5.32 Å². The van der Waals surface area contributed by atoms with Crippen LogP contribution in [0.3, 0.4) is 0 Å². The highest BCUT2D eigenvalue weighted by atomic mass is 16.8. The van der Waals surface area contributed by atoms with Crippen LogP contribution >= 0.6 is 0 Å². The van der Waals surface area contributed by atoms with E-state index in [0.29, 0.717) is 0 Å². The van der Waals surface area contributed by atoms with E-state index in [-0.39, 0.29) is 0 Å². The van der Waals surface area contributed by atoms with E-state index >= 15 is 0 Å². The molecule has 0 aliphatic carbocycles. The molecule has 4 heterocycles. The molecule has 4 saturated heterocycles. The molecule has 274 valence electrons. The van der Waals surface area contributed by atoms with Crippen molar-refractivity contribution in [3.05, 3.63) is 0 Å². The molecule has 4 rings (SSSR count).